The number of rotatable bonds is 10. The maximum Gasteiger partial charge on any atom is 0.340 e. The highest BCUT2D eigenvalue weighted by molar-refractivity contribution is 5.92. The number of cyclic esters (lactones) is 1. The number of hydrogen-bond donors (Lipinski definition) is 5. The predicted octanol–water partition coefficient (Wildman–Crippen LogP) is 0.721. The normalized spacial score (nSPS) is 39.5. The molecule has 3 aliphatic heterocycles. The molecule has 0 aromatic rings. The van der Waals surface area contributed by atoms with Crippen LogP contribution >= 0.6 is 0 Å². The van der Waals surface area contributed by atoms with E-state index in [0.717, 1.165) is 6.26 Å². The first-order chi connectivity index (χ1) is 18.6. The van der Waals surface area contributed by atoms with E-state index < -0.39 is 78.3 Å². The zero-order chi connectivity index (χ0) is 30.0. The molecule has 10 atom stereocenters. The van der Waals surface area contributed by atoms with E-state index in [0.29, 0.717) is 12.8 Å². The van der Waals surface area contributed by atoms with E-state index in [2.05, 4.69) is 13.2 Å². The van der Waals surface area contributed by atoms with Crippen LogP contribution in [0.4, 0.5) is 0 Å². The molecule has 2 fully saturated rings. The van der Waals surface area contributed by atoms with Crippen molar-refractivity contribution < 1.29 is 58.8 Å². The standard InChI is InChI=1S/C28H40O12/c1-7-26(4,35)11-9-10-15(3)22(33)38-18-12-28(6)16(23(34)39-18)14-36-25(27(28,5)8-2)40-24-21(32)20(31)19(30)17(13-29)37-24/h7-8,10,14,17-21,24-25,29-32,35H,1-2,9,11-13H2,3-6H3/b15-10+/t17-,18?,19-,20+,21-,24+,25?,26?,27?,28?/m1/s1. The van der Waals surface area contributed by atoms with Gasteiger partial charge in [0.25, 0.3) is 0 Å². The maximum absolute atomic E-state index is 13.0. The number of ether oxygens (including phenoxy) is 5. The third-order valence-corrected chi connectivity index (χ3v) is 8.25. The van der Waals surface area contributed by atoms with Crippen LogP contribution in [0.2, 0.25) is 0 Å². The Balaban J connectivity index is 1.79. The van der Waals surface area contributed by atoms with Gasteiger partial charge < -0.3 is 49.2 Å². The molecule has 0 spiro atoms. The molecule has 12 heteroatoms. The van der Waals surface area contributed by atoms with Crippen LogP contribution < -0.4 is 0 Å². The van der Waals surface area contributed by atoms with Gasteiger partial charge >= 0.3 is 11.9 Å². The lowest BCUT2D eigenvalue weighted by Gasteiger charge is -2.54. The topological polar surface area (TPSA) is 181 Å². The minimum absolute atomic E-state index is 0.00912. The Kier molecular flexibility index (Phi) is 9.67. The minimum atomic E-state index is -1.68. The summed E-state index contributed by atoms with van der Waals surface area (Å²) in [4.78, 5) is 25.7. The predicted molar refractivity (Wildman–Crippen MR) is 139 cm³/mol. The van der Waals surface area contributed by atoms with Crippen LogP contribution in [0.15, 0.2) is 48.8 Å². The quantitative estimate of drug-likeness (QED) is 0.142. The van der Waals surface area contributed by atoms with Crippen molar-refractivity contribution in [1.82, 2.24) is 0 Å². The zero-order valence-electron chi connectivity index (χ0n) is 23.2. The average Bonchev–Trinajstić information content (AvgIpc) is 2.90. The lowest BCUT2D eigenvalue weighted by atomic mass is 9.57. The third kappa shape index (κ3) is 6.03. The Morgan fingerprint density at radius 1 is 1.23 bits per heavy atom. The molecule has 3 heterocycles. The summed E-state index contributed by atoms with van der Waals surface area (Å²) in [5.74, 6) is -1.47. The van der Waals surface area contributed by atoms with Gasteiger partial charge in [-0.05, 0) is 33.6 Å². The lowest BCUT2D eigenvalue weighted by molar-refractivity contribution is -0.352. The number of carbonyl (C=O) groups is 2. The van der Waals surface area contributed by atoms with E-state index >= 15 is 0 Å². The van der Waals surface area contributed by atoms with Gasteiger partial charge in [0, 0.05) is 17.4 Å². The Bertz CT molecular complexity index is 1050. The average molecular weight is 569 g/mol. The van der Waals surface area contributed by atoms with E-state index in [4.69, 9.17) is 23.7 Å². The number of aliphatic hydroxyl groups excluding tert-OH is 4. The highest BCUT2D eigenvalue weighted by Crippen LogP contribution is 2.57. The molecular weight excluding hydrogens is 528 g/mol. The summed E-state index contributed by atoms with van der Waals surface area (Å²) < 4.78 is 28.0. The second-order valence-corrected chi connectivity index (χ2v) is 11.1. The molecule has 0 amide bonds. The molecule has 224 valence electrons. The molecule has 0 aliphatic carbocycles. The van der Waals surface area contributed by atoms with Gasteiger partial charge in [-0.3, -0.25) is 0 Å². The number of fused-ring (bicyclic) bond motifs is 1. The van der Waals surface area contributed by atoms with E-state index in [1.807, 2.05) is 0 Å². The van der Waals surface area contributed by atoms with Gasteiger partial charge in [0.2, 0.25) is 12.6 Å². The Labute approximate surface area is 233 Å². The first kappa shape index (κ1) is 31.9. The number of carbonyl (C=O) groups excluding carboxylic acids is 2. The molecule has 3 aliphatic rings. The molecule has 0 aromatic carbocycles. The highest BCUT2D eigenvalue weighted by atomic mass is 16.8. The summed E-state index contributed by atoms with van der Waals surface area (Å²) in [5, 5.41) is 50.2. The van der Waals surface area contributed by atoms with Crippen LogP contribution in [0.25, 0.3) is 0 Å². The molecule has 2 saturated heterocycles. The molecule has 40 heavy (non-hydrogen) atoms. The number of aliphatic hydroxyl groups is 5. The summed E-state index contributed by atoms with van der Waals surface area (Å²) >= 11 is 0. The molecule has 5 N–H and O–H groups in total. The third-order valence-electron chi connectivity index (χ3n) is 8.25. The van der Waals surface area contributed by atoms with Crippen LogP contribution in [0.1, 0.15) is 47.0 Å². The SMILES string of the molecule is C=CC(C)(O)CC/C=C(\C)C(=O)OC1CC2(C)C(=COC(O[C@@H]3O[C@H](CO)[C@@H](O)[C@H](O)[C@H]3O)C2(C)C=C)C(=O)O1. The van der Waals surface area contributed by atoms with Crippen LogP contribution in [0, 0.1) is 10.8 Å². The van der Waals surface area contributed by atoms with Crippen molar-refractivity contribution in [3.8, 4) is 0 Å². The summed E-state index contributed by atoms with van der Waals surface area (Å²) in [7, 11) is 0. The van der Waals surface area contributed by atoms with Crippen molar-refractivity contribution >= 4 is 11.9 Å². The Hall–Kier alpha value is -2.58. The van der Waals surface area contributed by atoms with E-state index in [9.17, 15) is 35.1 Å². The van der Waals surface area contributed by atoms with Crippen LogP contribution in [-0.4, -0.2) is 93.0 Å². The summed E-state index contributed by atoms with van der Waals surface area (Å²) in [6, 6.07) is 0. The molecular formula is C28H40O12. The Morgan fingerprint density at radius 3 is 2.50 bits per heavy atom. The van der Waals surface area contributed by atoms with Crippen LogP contribution in [0.3, 0.4) is 0 Å². The van der Waals surface area contributed by atoms with Gasteiger partial charge in [-0.15, -0.1) is 13.2 Å². The fraction of sp³-hybridized carbons (Fsp3) is 0.643. The van der Waals surface area contributed by atoms with Crippen molar-refractivity contribution in [3.63, 3.8) is 0 Å². The first-order valence-electron chi connectivity index (χ1n) is 13.0. The molecule has 3 rings (SSSR count). The highest BCUT2D eigenvalue weighted by Gasteiger charge is 2.61. The van der Waals surface area contributed by atoms with Crippen molar-refractivity contribution in [1.29, 1.82) is 0 Å². The van der Waals surface area contributed by atoms with Gasteiger partial charge in [0.1, 0.15) is 24.4 Å². The van der Waals surface area contributed by atoms with Crippen molar-refractivity contribution in [3.05, 3.63) is 48.8 Å². The smallest absolute Gasteiger partial charge is 0.340 e. The van der Waals surface area contributed by atoms with Crippen LogP contribution in [0.5, 0.6) is 0 Å². The largest absolute Gasteiger partial charge is 0.471 e. The zero-order valence-corrected chi connectivity index (χ0v) is 23.2. The lowest BCUT2D eigenvalue weighted by Crippen LogP contribution is -2.62. The number of allylic oxidation sites excluding steroid dienone is 1. The van der Waals surface area contributed by atoms with Gasteiger partial charge in [0.05, 0.1) is 29.5 Å². The molecule has 12 nitrogen and oxygen atoms in total. The van der Waals surface area contributed by atoms with E-state index in [-0.39, 0.29) is 17.6 Å². The van der Waals surface area contributed by atoms with Gasteiger partial charge in [-0.2, -0.15) is 0 Å². The molecule has 0 aromatic heterocycles. The van der Waals surface area contributed by atoms with Gasteiger partial charge in [0.15, 0.2) is 6.29 Å². The van der Waals surface area contributed by atoms with Gasteiger partial charge in [-0.1, -0.05) is 25.2 Å². The molecule has 0 saturated carbocycles. The number of hydrogen-bond acceptors (Lipinski definition) is 12. The summed E-state index contributed by atoms with van der Waals surface area (Å²) in [5.41, 5.74) is -2.96. The maximum atomic E-state index is 13.0. The first-order valence-corrected chi connectivity index (χ1v) is 13.0. The summed E-state index contributed by atoms with van der Waals surface area (Å²) in [6.45, 7) is 13.4. The van der Waals surface area contributed by atoms with E-state index in [1.54, 1.807) is 33.8 Å². The van der Waals surface area contributed by atoms with E-state index in [1.165, 1.54) is 12.2 Å². The second kappa shape index (κ2) is 12.1. The second-order valence-electron chi connectivity index (χ2n) is 11.1. The van der Waals surface area contributed by atoms with Crippen molar-refractivity contribution in [2.24, 2.45) is 10.8 Å². The monoisotopic (exact) mass is 568 g/mol. The fourth-order valence-corrected chi connectivity index (χ4v) is 4.95. The summed E-state index contributed by atoms with van der Waals surface area (Å²) in [6.07, 6.45) is -3.65. The number of esters is 2. The van der Waals surface area contributed by atoms with Crippen LogP contribution in [-0.2, 0) is 33.3 Å². The van der Waals surface area contributed by atoms with Gasteiger partial charge in [-0.25, -0.2) is 9.59 Å². The Morgan fingerprint density at radius 2 is 1.90 bits per heavy atom. The molecule has 5 unspecified atom stereocenters. The fourth-order valence-electron chi connectivity index (χ4n) is 4.95. The molecule has 0 bridgehead atoms. The van der Waals surface area contributed by atoms with Crippen molar-refractivity contribution in [2.75, 3.05) is 6.61 Å². The van der Waals surface area contributed by atoms with Crippen molar-refractivity contribution in [2.45, 2.75) is 95.8 Å². The molecule has 0 radical (unpaired) electrons. The minimum Gasteiger partial charge on any atom is -0.471 e.